The molecule has 0 unspecified atom stereocenters. The molecule has 5 nitrogen and oxygen atoms in total. The Hall–Kier alpha value is -9.97. The monoisotopic (exact) mass is 959 g/mol. The number of hydrogen-bond acceptors (Lipinski definition) is 3. The molecule has 0 saturated heterocycles. The summed E-state index contributed by atoms with van der Waals surface area (Å²) in [4.78, 5) is 16.3. The van der Waals surface area contributed by atoms with Gasteiger partial charge >= 0.3 is 0 Å². The van der Waals surface area contributed by atoms with Crippen molar-refractivity contribution in [2.75, 3.05) is 0 Å². The van der Waals surface area contributed by atoms with Crippen molar-refractivity contribution >= 4 is 49.2 Å². The van der Waals surface area contributed by atoms with Crippen molar-refractivity contribution in [3.8, 4) is 78.9 Å². The molecular formula is C70H49N5. The molecule has 0 bridgehead atoms. The molecule has 75 heavy (non-hydrogen) atoms. The minimum atomic E-state index is 0.569. The van der Waals surface area contributed by atoms with Gasteiger partial charge in [-0.15, -0.1) is 0 Å². The number of hydrogen-bond donors (Lipinski definition) is 0. The molecule has 3 heterocycles. The lowest BCUT2D eigenvalue weighted by Gasteiger charge is -2.17. The van der Waals surface area contributed by atoms with E-state index in [9.17, 15) is 0 Å². The van der Waals surface area contributed by atoms with E-state index in [4.69, 9.17) is 15.0 Å². The van der Waals surface area contributed by atoms with Gasteiger partial charge in [0.2, 0.25) is 0 Å². The second kappa shape index (κ2) is 19.2. The third-order valence-corrected chi connectivity index (χ3v) is 14.3. The smallest absolute Gasteiger partial charge is 0.166 e. The van der Waals surface area contributed by atoms with Gasteiger partial charge in [0.15, 0.2) is 17.5 Å². The second-order valence-electron chi connectivity index (χ2n) is 18.8. The molecule has 0 saturated carbocycles. The normalized spacial score (nSPS) is 11.9. The van der Waals surface area contributed by atoms with Gasteiger partial charge in [0.25, 0.3) is 0 Å². The molecule has 0 spiro atoms. The van der Waals surface area contributed by atoms with Gasteiger partial charge in [0.1, 0.15) is 0 Å². The van der Waals surface area contributed by atoms with Crippen LogP contribution in [0.3, 0.4) is 0 Å². The molecule has 0 atom stereocenters. The molecule has 0 radical (unpaired) electrons. The summed E-state index contributed by atoms with van der Waals surface area (Å²) < 4.78 is 4.77. The zero-order valence-electron chi connectivity index (χ0n) is 41.3. The Balaban J connectivity index is 1.05. The molecule has 0 aliphatic heterocycles. The second-order valence-corrected chi connectivity index (χ2v) is 18.8. The fourth-order valence-corrected chi connectivity index (χ4v) is 10.7. The largest absolute Gasteiger partial charge is 0.308 e. The van der Waals surface area contributed by atoms with Crippen molar-refractivity contribution < 1.29 is 0 Å². The van der Waals surface area contributed by atoms with Crippen LogP contribution >= 0.6 is 0 Å². The van der Waals surface area contributed by atoms with Crippen molar-refractivity contribution in [3.63, 3.8) is 0 Å². The molecule has 0 aliphatic rings. The van der Waals surface area contributed by atoms with E-state index in [1.807, 2.05) is 37.3 Å². The molecule has 0 fully saturated rings. The van der Waals surface area contributed by atoms with E-state index in [1.165, 1.54) is 16.5 Å². The highest BCUT2D eigenvalue weighted by Gasteiger charge is 2.23. The van der Waals surface area contributed by atoms with E-state index in [2.05, 4.69) is 252 Å². The van der Waals surface area contributed by atoms with Gasteiger partial charge in [-0.05, 0) is 112 Å². The van der Waals surface area contributed by atoms with Gasteiger partial charge in [-0.1, -0.05) is 213 Å². The number of allylic oxidation sites excluding steroid dienone is 5. The highest BCUT2D eigenvalue weighted by Crippen LogP contribution is 2.42. The predicted octanol–water partition coefficient (Wildman–Crippen LogP) is 18.2. The van der Waals surface area contributed by atoms with Gasteiger partial charge in [0, 0.05) is 38.2 Å². The maximum atomic E-state index is 5.55. The van der Waals surface area contributed by atoms with Crippen molar-refractivity contribution in [2.24, 2.45) is 0 Å². The number of para-hydroxylation sites is 2. The van der Waals surface area contributed by atoms with Crippen LogP contribution in [0, 0.1) is 0 Å². The van der Waals surface area contributed by atoms with Crippen LogP contribution in [-0.2, 0) is 0 Å². The van der Waals surface area contributed by atoms with Gasteiger partial charge in [0.05, 0.1) is 33.4 Å². The SMILES string of the molecule is C=C/C(=C\C=C/C)c1ccc2c(c1)c1ccc(-c3ccccc3)cc1n2-c1ccccc1-c1nc(-c2ccccc2)nc(-c2ccccc2-n2c3ccc(-c4ccccc4)cc3c3ccc(-c4ccccc4)cc32)n1. The van der Waals surface area contributed by atoms with Crippen LogP contribution in [0.1, 0.15) is 12.5 Å². The molecule has 13 rings (SSSR count). The minimum absolute atomic E-state index is 0.569. The number of fused-ring (bicyclic) bond motifs is 6. The Bertz CT molecular complexity index is 4350. The molecule has 13 aromatic rings. The van der Waals surface area contributed by atoms with E-state index < -0.39 is 0 Å². The Kier molecular flexibility index (Phi) is 11.5. The standard InChI is InChI=1S/C70H49N5/c1-3-5-22-47(4-2)52-37-41-64-60(43-52)56-39-35-54(49-25-12-7-13-26-49)45-66(56)74(64)62-33-20-18-31-58(62)69-71-68(51-29-16-9-17-30-51)72-70(73-69)59-32-19-21-34-63(59)75-65-42-38-53(48-23-10-6-11-24-48)44-61(65)57-40-36-55(46-67(57)75)50-27-14-8-15-28-50/h3-46H,2H2,1H3/b5-3-,47-22+. The first-order valence-corrected chi connectivity index (χ1v) is 25.4. The summed E-state index contributed by atoms with van der Waals surface area (Å²) in [6.45, 7) is 6.21. The first-order chi connectivity index (χ1) is 37.1. The maximum absolute atomic E-state index is 5.55. The lowest BCUT2D eigenvalue weighted by atomic mass is 10.0. The van der Waals surface area contributed by atoms with Crippen LogP contribution in [0.5, 0.6) is 0 Å². The maximum Gasteiger partial charge on any atom is 0.166 e. The number of benzene rings is 10. The molecule has 0 aliphatic carbocycles. The van der Waals surface area contributed by atoms with Crippen molar-refractivity contribution in [3.05, 3.63) is 279 Å². The third-order valence-electron chi connectivity index (χ3n) is 14.3. The van der Waals surface area contributed by atoms with E-state index in [1.54, 1.807) is 0 Å². The van der Waals surface area contributed by atoms with E-state index >= 15 is 0 Å². The molecule has 3 aromatic heterocycles. The summed E-state index contributed by atoms with van der Waals surface area (Å²) in [5.74, 6) is 1.73. The molecule has 5 heteroatoms. The highest BCUT2D eigenvalue weighted by molar-refractivity contribution is 6.13. The number of rotatable bonds is 11. The third kappa shape index (κ3) is 8.13. The summed E-state index contributed by atoms with van der Waals surface area (Å²) in [5, 5.41) is 4.61. The molecule has 0 N–H and O–H groups in total. The van der Waals surface area contributed by atoms with Gasteiger partial charge < -0.3 is 9.13 Å². The predicted molar refractivity (Wildman–Crippen MR) is 314 cm³/mol. The van der Waals surface area contributed by atoms with Gasteiger partial charge in [-0.25, -0.2) is 15.0 Å². The average Bonchev–Trinajstić information content (AvgIpc) is 4.05. The first kappa shape index (κ1) is 44.9. The zero-order chi connectivity index (χ0) is 50.2. The molecule has 354 valence electrons. The number of aromatic nitrogens is 5. The fraction of sp³-hybridized carbons (Fsp3) is 0.0143. The fourth-order valence-electron chi connectivity index (χ4n) is 10.7. The molecule has 10 aromatic carbocycles. The topological polar surface area (TPSA) is 48.5 Å². The van der Waals surface area contributed by atoms with Crippen LogP contribution in [0.25, 0.3) is 128 Å². The zero-order valence-corrected chi connectivity index (χ0v) is 41.3. The van der Waals surface area contributed by atoms with Crippen LogP contribution in [0.2, 0.25) is 0 Å². The summed E-state index contributed by atoms with van der Waals surface area (Å²) in [6, 6.07) is 86.3. The van der Waals surface area contributed by atoms with Crippen molar-refractivity contribution in [2.45, 2.75) is 6.92 Å². The quantitative estimate of drug-likeness (QED) is 0.121. The van der Waals surface area contributed by atoms with Crippen LogP contribution in [-0.4, -0.2) is 24.1 Å². The minimum Gasteiger partial charge on any atom is -0.308 e. The molecular weight excluding hydrogens is 911 g/mol. The Labute approximate surface area is 436 Å². The van der Waals surface area contributed by atoms with Crippen LogP contribution < -0.4 is 0 Å². The lowest BCUT2D eigenvalue weighted by molar-refractivity contribution is 1.06. The van der Waals surface area contributed by atoms with Gasteiger partial charge in [-0.2, -0.15) is 0 Å². The summed E-state index contributed by atoms with van der Waals surface area (Å²) in [6.07, 6.45) is 8.14. The van der Waals surface area contributed by atoms with Crippen LogP contribution in [0.4, 0.5) is 0 Å². The lowest BCUT2D eigenvalue weighted by Crippen LogP contribution is -2.05. The first-order valence-electron chi connectivity index (χ1n) is 25.4. The summed E-state index contributed by atoms with van der Waals surface area (Å²) >= 11 is 0. The number of nitrogens with zero attached hydrogens (tertiary/aromatic N) is 5. The summed E-state index contributed by atoms with van der Waals surface area (Å²) in [7, 11) is 0. The highest BCUT2D eigenvalue weighted by atomic mass is 15.1. The Morgan fingerprint density at radius 1 is 0.360 bits per heavy atom. The van der Waals surface area contributed by atoms with Crippen molar-refractivity contribution in [1.29, 1.82) is 0 Å². The van der Waals surface area contributed by atoms with Gasteiger partial charge in [-0.3, -0.25) is 0 Å². The molecule has 0 amide bonds. The Morgan fingerprint density at radius 2 is 0.773 bits per heavy atom. The van der Waals surface area contributed by atoms with Crippen LogP contribution in [0.15, 0.2) is 274 Å². The van der Waals surface area contributed by atoms with E-state index in [-0.39, 0.29) is 0 Å². The average molecular weight is 960 g/mol. The van der Waals surface area contributed by atoms with E-state index in [0.29, 0.717) is 17.5 Å². The Morgan fingerprint density at radius 3 is 1.27 bits per heavy atom. The summed E-state index contributed by atoms with van der Waals surface area (Å²) in [5.41, 5.74) is 18.0. The van der Waals surface area contributed by atoms with Crippen molar-refractivity contribution in [1.82, 2.24) is 24.1 Å². The van der Waals surface area contributed by atoms with E-state index in [0.717, 1.165) is 99.7 Å².